The van der Waals surface area contributed by atoms with Crippen molar-refractivity contribution in [3.05, 3.63) is 41.7 Å². The maximum Gasteiger partial charge on any atom is 0.198 e. The monoisotopic (exact) mass is 350 g/mol. The predicted octanol–water partition coefficient (Wildman–Crippen LogP) is 2.31. The minimum Gasteiger partial charge on any atom is -0.495 e. The molecule has 1 aliphatic carbocycles. The summed E-state index contributed by atoms with van der Waals surface area (Å²) in [5.41, 5.74) is 2.38. The number of nitrogens with zero attached hydrogens (tertiary/aromatic N) is 4. The minimum atomic E-state index is -0.337. The van der Waals surface area contributed by atoms with Gasteiger partial charge in [0.25, 0.3) is 0 Å². The van der Waals surface area contributed by atoms with Crippen LogP contribution in [-0.2, 0) is 5.41 Å². The third kappa shape index (κ3) is 2.38. The third-order valence-electron chi connectivity index (χ3n) is 4.92. The number of hydrogen-bond acceptors (Lipinski definition) is 6. The first-order valence-electron chi connectivity index (χ1n) is 8.29. The first kappa shape index (κ1) is 16.4. The molecule has 4 rings (SSSR count). The summed E-state index contributed by atoms with van der Waals surface area (Å²) in [6.45, 7) is 0.0339. The van der Waals surface area contributed by atoms with Gasteiger partial charge in [0.15, 0.2) is 17.2 Å². The van der Waals surface area contributed by atoms with Gasteiger partial charge in [0.1, 0.15) is 11.8 Å². The van der Waals surface area contributed by atoms with Gasteiger partial charge in [-0.05, 0) is 37.1 Å². The van der Waals surface area contributed by atoms with Crippen molar-refractivity contribution in [3.63, 3.8) is 0 Å². The van der Waals surface area contributed by atoms with Crippen LogP contribution in [0.15, 0.2) is 30.3 Å². The second-order valence-corrected chi connectivity index (χ2v) is 6.42. The van der Waals surface area contributed by atoms with Gasteiger partial charge in [-0.25, -0.2) is 9.50 Å². The Morgan fingerprint density at radius 3 is 2.58 bits per heavy atom. The summed E-state index contributed by atoms with van der Waals surface area (Å²) in [7, 11) is 3.13. The zero-order chi connectivity index (χ0) is 18.3. The molecule has 2 heterocycles. The second kappa shape index (κ2) is 6.00. The molecule has 0 spiro atoms. The van der Waals surface area contributed by atoms with E-state index in [4.69, 9.17) is 9.47 Å². The average molecular weight is 350 g/mol. The van der Waals surface area contributed by atoms with Crippen molar-refractivity contribution in [2.75, 3.05) is 20.8 Å². The molecule has 0 radical (unpaired) electrons. The average Bonchev–Trinajstić information content (AvgIpc) is 3.37. The molecule has 7 heteroatoms. The molecule has 3 aromatic rings. The van der Waals surface area contributed by atoms with Crippen LogP contribution in [0.2, 0.25) is 0 Å². The van der Waals surface area contributed by atoms with Crippen molar-refractivity contribution in [2.45, 2.75) is 18.3 Å². The lowest BCUT2D eigenvalue weighted by Crippen LogP contribution is -2.14. The van der Waals surface area contributed by atoms with E-state index >= 15 is 0 Å². The number of aliphatic hydroxyl groups excluding tert-OH is 1. The van der Waals surface area contributed by atoms with Crippen LogP contribution >= 0.6 is 0 Å². The highest BCUT2D eigenvalue weighted by molar-refractivity contribution is 5.69. The predicted molar refractivity (Wildman–Crippen MR) is 94.2 cm³/mol. The van der Waals surface area contributed by atoms with E-state index in [1.165, 1.54) is 7.11 Å². The highest BCUT2D eigenvalue weighted by Gasteiger charge is 2.47. The second-order valence-electron chi connectivity index (χ2n) is 6.42. The van der Waals surface area contributed by atoms with Gasteiger partial charge in [-0.2, -0.15) is 5.26 Å². The molecule has 0 aliphatic heterocycles. The first-order chi connectivity index (χ1) is 12.7. The largest absolute Gasteiger partial charge is 0.495 e. The summed E-state index contributed by atoms with van der Waals surface area (Å²) in [6, 6.07) is 11.2. The van der Waals surface area contributed by atoms with Crippen molar-refractivity contribution in [1.29, 1.82) is 5.26 Å². The highest BCUT2D eigenvalue weighted by Crippen LogP contribution is 2.46. The van der Waals surface area contributed by atoms with Crippen LogP contribution in [0.3, 0.4) is 0 Å². The molecular formula is C19H18N4O3. The Labute approximate surface area is 150 Å². The number of fused-ring (bicyclic) bond motifs is 1. The number of aromatic nitrogens is 3. The highest BCUT2D eigenvalue weighted by atomic mass is 16.5. The summed E-state index contributed by atoms with van der Waals surface area (Å²) in [6.07, 6.45) is 1.76. The molecule has 0 amide bonds. The molecular weight excluding hydrogens is 332 g/mol. The number of rotatable bonds is 5. The van der Waals surface area contributed by atoms with Crippen LogP contribution in [0.1, 0.15) is 24.2 Å². The fraction of sp³-hybridized carbons (Fsp3) is 0.316. The molecule has 1 N–H and O–H groups in total. The molecule has 2 aromatic heterocycles. The number of hydrogen-bond donors (Lipinski definition) is 1. The Kier molecular flexibility index (Phi) is 3.78. The van der Waals surface area contributed by atoms with Crippen molar-refractivity contribution < 1.29 is 14.6 Å². The smallest absolute Gasteiger partial charge is 0.198 e. The van der Waals surface area contributed by atoms with E-state index in [1.54, 1.807) is 23.8 Å². The van der Waals surface area contributed by atoms with Crippen molar-refractivity contribution >= 4 is 5.65 Å². The van der Waals surface area contributed by atoms with Gasteiger partial charge in [-0.1, -0.05) is 6.07 Å². The van der Waals surface area contributed by atoms with Gasteiger partial charge in [0.05, 0.1) is 37.5 Å². The van der Waals surface area contributed by atoms with Crippen molar-refractivity contribution in [2.24, 2.45) is 0 Å². The van der Waals surface area contributed by atoms with Gasteiger partial charge in [-0.15, -0.1) is 5.10 Å². The molecule has 1 fully saturated rings. The van der Waals surface area contributed by atoms with E-state index < -0.39 is 0 Å². The summed E-state index contributed by atoms with van der Waals surface area (Å²) in [5.74, 6) is 1.75. The number of ether oxygens (including phenoxy) is 2. The van der Waals surface area contributed by atoms with Crippen LogP contribution in [0.5, 0.6) is 11.5 Å². The third-order valence-corrected chi connectivity index (χ3v) is 4.92. The number of pyridine rings is 1. The first-order valence-corrected chi connectivity index (χ1v) is 8.29. The van der Waals surface area contributed by atoms with Gasteiger partial charge >= 0.3 is 0 Å². The molecule has 1 aliphatic rings. The van der Waals surface area contributed by atoms with Gasteiger partial charge in [0.2, 0.25) is 0 Å². The topological polar surface area (TPSA) is 92.7 Å². The standard InChI is InChI=1S/C19H18N4O3/c1-25-15-6-5-14(12-3-4-13(10-20)16(9-12)26-2)23-17(15)21-18(22-23)19(11-24)7-8-19/h3-6,9,24H,7-8,11H2,1-2H3. The zero-order valence-corrected chi connectivity index (χ0v) is 14.6. The van der Waals surface area contributed by atoms with Crippen LogP contribution in [0.25, 0.3) is 16.9 Å². The number of aliphatic hydroxyl groups is 1. The van der Waals surface area contributed by atoms with E-state index in [0.29, 0.717) is 28.5 Å². The lowest BCUT2D eigenvalue weighted by Gasteiger charge is -2.09. The van der Waals surface area contributed by atoms with E-state index in [-0.39, 0.29) is 12.0 Å². The molecule has 0 unspecified atom stereocenters. The molecule has 0 saturated heterocycles. The Bertz CT molecular complexity index is 1030. The summed E-state index contributed by atoms with van der Waals surface area (Å²) in [5, 5.41) is 23.5. The number of methoxy groups -OCH3 is 2. The molecule has 26 heavy (non-hydrogen) atoms. The van der Waals surface area contributed by atoms with Crippen LogP contribution in [-0.4, -0.2) is 40.5 Å². The van der Waals surface area contributed by atoms with Gasteiger partial charge in [0, 0.05) is 5.56 Å². The minimum absolute atomic E-state index is 0.0339. The molecule has 1 aromatic carbocycles. The molecule has 132 valence electrons. The normalized spacial score (nSPS) is 14.8. The van der Waals surface area contributed by atoms with Crippen LogP contribution < -0.4 is 9.47 Å². The number of nitriles is 1. The fourth-order valence-corrected chi connectivity index (χ4v) is 3.09. The zero-order valence-electron chi connectivity index (χ0n) is 14.6. The summed E-state index contributed by atoms with van der Waals surface area (Å²) in [4.78, 5) is 4.63. The lowest BCUT2D eigenvalue weighted by molar-refractivity contribution is 0.250. The van der Waals surface area contributed by atoms with Gasteiger partial charge in [-0.3, -0.25) is 0 Å². The Hall–Kier alpha value is -3.11. The molecule has 1 saturated carbocycles. The van der Waals surface area contributed by atoms with Crippen LogP contribution in [0, 0.1) is 11.3 Å². The summed E-state index contributed by atoms with van der Waals surface area (Å²) >= 11 is 0. The van der Waals surface area contributed by atoms with E-state index in [2.05, 4.69) is 16.2 Å². The number of benzene rings is 1. The van der Waals surface area contributed by atoms with Crippen molar-refractivity contribution in [3.8, 4) is 28.8 Å². The Balaban J connectivity index is 1.92. The summed E-state index contributed by atoms with van der Waals surface area (Å²) < 4.78 is 12.5. The maximum absolute atomic E-state index is 9.71. The Morgan fingerprint density at radius 1 is 1.19 bits per heavy atom. The van der Waals surface area contributed by atoms with E-state index in [1.807, 2.05) is 18.2 Å². The Morgan fingerprint density at radius 2 is 1.96 bits per heavy atom. The molecule has 0 atom stereocenters. The van der Waals surface area contributed by atoms with E-state index in [9.17, 15) is 10.4 Å². The lowest BCUT2D eigenvalue weighted by atomic mass is 10.1. The quantitative estimate of drug-likeness (QED) is 0.759. The maximum atomic E-state index is 9.71. The van der Waals surface area contributed by atoms with Crippen LogP contribution in [0.4, 0.5) is 0 Å². The van der Waals surface area contributed by atoms with E-state index in [0.717, 1.165) is 24.1 Å². The fourth-order valence-electron chi connectivity index (χ4n) is 3.09. The molecule has 0 bridgehead atoms. The SMILES string of the molecule is COc1cc(-c2ccc(OC)c3nc(C4(CO)CC4)nn23)ccc1C#N. The van der Waals surface area contributed by atoms with Crippen molar-refractivity contribution in [1.82, 2.24) is 14.6 Å². The molecule has 7 nitrogen and oxygen atoms in total. The van der Waals surface area contributed by atoms with Gasteiger partial charge < -0.3 is 14.6 Å².